The Kier molecular flexibility index (Phi) is 3.13. The molecular weight excluding hydrogens is 302 g/mol. The van der Waals surface area contributed by atoms with Gasteiger partial charge in [-0.25, -0.2) is 0 Å². The standard InChI is InChI=1S/C16H10BrNO/c17-12-5-6-16-15(9-12)14(7-8-18-16)13-4-2-1-3-11(13)10-19/h1-10H. The van der Waals surface area contributed by atoms with E-state index in [0.717, 1.165) is 32.8 Å². The highest BCUT2D eigenvalue weighted by Gasteiger charge is 2.08. The fourth-order valence-corrected chi connectivity index (χ4v) is 2.56. The molecule has 0 saturated carbocycles. The van der Waals surface area contributed by atoms with Crippen LogP contribution in [-0.2, 0) is 0 Å². The first-order valence-electron chi connectivity index (χ1n) is 5.88. The highest BCUT2D eigenvalue weighted by Crippen LogP contribution is 2.31. The quantitative estimate of drug-likeness (QED) is 0.653. The number of hydrogen-bond donors (Lipinski definition) is 0. The van der Waals surface area contributed by atoms with Crippen LogP contribution in [0.1, 0.15) is 10.4 Å². The van der Waals surface area contributed by atoms with E-state index in [4.69, 9.17) is 0 Å². The Morgan fingerprint density at radius 1 is 1.00 bits per heavy atom. The lowest BCUT2D eigenvalue weighted by molar-refractivity contribution is 0.112. The number of aromatic nitrogens is 1. The van der Waals surface area contributed by atoms with Crippen LogP contribution in [0.2, 0.25) is 0 Å². The van der Waals surface area contributed by atoms with Gasteiger partial charge in [0.2, 0.25) is 0 Å². The van der Waals surface area contributed by atoms with Crippen LogP contribution in [0.25, 0.3) is 22.0 Å². The second-order valence-corrected chi connectivity index (χ2v) is 5.14. The summed E-state index contributed by atoms with van der Waals surface area (Å²) in [6.45, 7) is 0. The minimum atomic E-state index is 0.690. The van der Waals surface area contributed by atoms with E-state index in [1.165, 1.54) is 0 Å². The first-order valence-corrected chi connectivity index (χ1v) is 6.68. The molecule has 0 fully saturated rings. The number of halogens is 1. The summed E-state index contributed by atoms with van der Waals surface area (Å²) in [5.41, 5.74) is 3.56. The van der Waals surface area contributed by atoms with Gasteiger partial charge in [-0.1, -0.05) is 40.2 Å². The maximum absolute atomic E-state index is 11.2. The topological polar surface area (TPSA) is 30.0 Å². The van der Waals surface area contributed by atoms with Crippen molar-refractivity contribution in [3.63, 3.8) is 0 Å². The Morgan fingerprint density at radius 3 is 2.68 bits per heavy atom. The van der Waals surface area contributed by atoms with E-state index in [0.29, 0.717) is 5.56 Å². The second-order valence-electron chi connectivity index (χ2n) is 4.23. The fraction of sp³-hybridized carbons (Fsp3) is 0. The number of fused-ring (bicyclic) bond motifs is 1. The molecule has 1 aromatic heterocycles. The number of nitrogens with zero attached hydrogens (tertiary/aromatic N) is 1. The molecule has 92 valence electrons. The monoisotopic (exact) mass is 311 g/mol. The zero-order chi connectivity index (χ0) is 13.2. The van der Waals surface area contributed by atoms with Gasteiger partial charge in [0.05, 0.1) is 5.52 Å². The average Bonchev–Trinajstić information content (AvgIpc) is 2.46. The maximum Gasteiger partial charge on any atom is 0.150 e. The lowest BCUT2D eigenvalue weighted by Crippen LogP contribution is -1.89. The minimum Gasteiger partial charge on any atom is -0.298 e. The van der Waals surface area contributed by atoms with Gasteiger partial charge in [-0.05, 0) is 35.4 Å². The molecule has 3 heteroatoms. The Hall–Kier alpha value is -2.00. The third kappa shape index (κ3) is 2.17. The van der Waals surface area contributed by atoms with Gasteiger partial charge in [-0.15, -0.1) is 0 Å². The number of pyridine rings is 1. The Bertz CT molecular complexity index is 768. The highest BCUT2D eigenvalue weighted by molar-refractivity contribution is 9.10. The summed E-state index contributed by atoms with van der Waals surface area (Å²) in [6.07, 6.45) is 2.66. The molecule has 0 aliphatic carbocycles. The average molecular weight is 312 g/mol. The Morgan fingerprint density at radius 2 is 1.84 bits per heavy atom. The molecule has 1 heterocycles. The van der Waals surface area contributed by atoms with Crippen LogP contribution >= 0.6 is 15.9 Å². The summed E-state index contributed by atoms with van der Waals surface area (Å²) in [7, 11) is 0. The number of aldehydes is 1. The normalized spacial score (nSPS) is 10.6. The number of carbonyl (C=O) groups is 1. The summed E-state index contributed by atoms with van der Waals surface area (Å²) in [6, 6.07) is 15.5. The zero-order valence-electron chi connectivity index (χ0n) is 10.0. The SMILES string of the molecule is O=Cc1ccccc1-c1ccnc2ccc(Br)cc12. The van der Waals surface area contributed by atoms with Gasteiger partial charge in [0.25, 0.3) is 0 Å². The predicted molar refractivity (Wildman–Crippen MR) is 80.3 cm³/mol. The smallest absolute Gasteiger partial charge is 0.150 e. The molecule has 0 bridgehead atoms. The van der Waals surface area contributed by atoms with Crippen molar-refractivity contribution in [2.75, 3.05) is 0 Å². The molecule has 0 spiro atoms. The predicted octanol–water partition coefficient (Wildman–Crippen LogP) is 4.48. The molecule has 0 atom stereocenters. The van der Waals surface area contributed by atoms with Crippen molar-refractivity contribution >= 4 is 33.1 Å². The van der Waals surface area contributed by atoms with Crippen molar-refractivity contribution < 1.29 is 4.79 Å². The highest BCUT2D eigenvalue weighted by atomic mass is 79.9. The number of hydrogen-bond acceptors (Lipinski definition) is 2. The Balaban J connectivity index is 2.36. The van der Waals surface area contributed by atoms with Crippen LogP contribution < -0.4 is 0 Å². The van der Waals surface area contributed by atoms with Gasteiger partial charge >= 0.3 is 0 Å². The van der Waals surface area contributed by atoms with Crippen molar-refractivity contribution in [2.45, 2.75) is 0 Å². The second kappa shape index (κ2) is 4.94. The van der Waals surface area contributed by atoms with Crippen LogP contribution in [0.15, 0.2) is 59.2 Å². The van der Waals surface area contributed by atoms with Gasteiger partial charge in [-0.2, -0.15) is 0 Å². The molecule has 0 radical (unpaired) electrons. The van der Waals surface area contributed by atoms with Gasteiger partial charge in [-0.3, -0.25) is 9.78 Å². The van der Waals surface area contributed by atoms with Crippen LogP contribution in [-0.4, -0.2) is 11.3 Å². The molecule has 0 aliphatic rings. The van der Waals surface area contributed by atoms with E-state index in [-0.39, 0.29) is 0 Å². The lowest BCUT2D eigenvalue weighted by atomic mass is 9.97. The van der Waals surface area contributed by atoms with Crippen LogP contribution in [0.5, 0.6) is 0 Å². The van der Waals surface area contributed by atoms with Gasteiger partial charge in [0, 0.05) is 21.6 Å². The first kappa shape index (κ1) is 12.1. The molecule has 3 rings (SSSR count). The molecule has 2 aromatic carbocycles. The molecule has 2 nitrogen and oxygen atoms in total. The molecule has 0 unspecified atom stereocenters. The molecule has 0 amide bonds. The van der Waals surface area contributed by atoms with Crippen molar-refractivity contribution in [1.82, 2.24) is 4.98 Å². The third-order valence-electron chi connectivity index (χ3n) is 3.08. The zero-order valence-corrected chi connectivity index (χ0v) is 11.6. The van der Waals surface area contributed by atoms with Crippen LogP contribution in [0, 0.1) is 0 Å². The van der Waals surface area contributed by atoms with E-state index < -0.39 is 0 Å². The van der Waals surface area contributed by atoms with Gasteiger partial charge in [0.15, 0.2) is 6.29 Å². The number of carbonyl (C=O) groups excluding carboxylic acids is 1. The van der Waals surface area contributed by atoms with Gasteiger partial charge in [0.1, 0.15) is 0 Å². The van der Waals surface area contributed by atoms with E-state index in [1.54, 1.807) is 6.20 Å². The molecule has 19 heavy (non-hydrogen) atoms. The van der Waals surface area contributed by atoms with Crippen molar-refractivity contribution in [2.24, 2.45) is 0 Å². The van der Waals surface area contributed by atoms with Crippen LogP contribution in [0.4, 0.5) is 0 Å². The van der Waals surface area contributed by atoms with E-state index in [2.05, 4.69) is 20.9 Å². The fourth-order valence-electron chi connectivity index (χ4n) is 2.20. The Labute approximate surface area is 119 Å². The minimum absolute atomic E-state index is 0.690. The molecule has 3 aromatic rings. The molecular formula is C16H10BrNO. The number of rotatable bonds is 2. The van der Waals surface area contributed by atoms with E-state index >= 15 is 0 Å². The van der Waals surface area contributed by atoms with E-state index in [9.17, 15) is 4.79 Å². The molecule has 0 N–H and O–H groups in total. The summed E-state index contributed by atoms with van der Waals surface area (Å²) >= 11 is 3.48. The van der Waals surface area contributed by atoms with Crippen molar-refractivity contribution in [3.05, 3.63) is 64.8 Å². The largest absolute Gasteiger partial charge is 0.298 e. The van der Waals surface area contributed by atoms with Crippen molar-refractivity contribution in [1.29, 1.82) is 0 Å². The lowest BCUT2D eigenvalue weighted by Gasteiger charge is -2.08. The van der Waals surface area contributed by atoms with Crippen molar-refractivity contribution in [3.8, 4) is 11.1 Å². The molecule has 0 saturated heterocycles. The molecule has 0 aliphatic heterocycles. The summed E-state index contributed by atoms with van der Waals surface area (Å²) in [4.78, 5) is 15.5. The van der Waals surface area contributed by atoms with E-state index in [1.807, 2.05) is 48.5 Å². The maximum atomic E-state index is 11.2. The summed E-state index contributed by atoms with van der Waals surface area (Å²) < 4.78 is 0.998. The number of benzene rings is 2. The van der Waals surface area contributed by atoms with Crippen LogP contribution in [0.3, 0.4) is 0 Å². The summed E-state index contributed by atoms with van der Waals surface area (Å²) in [5.74, 6) is 0. The summed E-state index contributed by atoms with van der Waals surface area (Å²) in [5, 5.41) is 1.03. The van der Waals surface area contributed by atoms with Gasteiger partial charge < -0.3 is 0 Å². The first-order chi connectivity index (χ1) is 9.29. The third-order valence-corrected chi connectivity index (χ3v) is 3.57.